The van der Waals surface area contributed by atoms with Gasteiger partial charge in [0.1, 0.15) is 11.8 Å². The van der Waals surface area contributed by atoms with Crippen LogP contribution in [0, 0.1) is 0 Å². The molecule has 0 radical (unpaired) electrons. The highest BCUT2D eigenvalue weighted by molar-refractivity contribution is 9.09. The summed E-state index contributed by atoms with van der Waals surface area (Å²) in [6.45, 7) is 0.615. The molecule has 0 spiro atoms. The number of esters is 1. The number of benzene rings is 2. The summed E-state index contributed by atoms with van der Waals surface area (Å²) >= 11 is 15.5. The third-order valence-corrected chi connectivity index (χ3v) is 5.08. The molecule has 1 unspecified atom stereocenters. The van der Waals surface area contributed by atoms with E-state index >= 15 is 0 Å². The first-order valence-corrected chi connectivity index (χ1v) is 10.4. The first-order valence-electron chi connectivity index (χ1n) is 8.56. The normalized spacial score (nSPS) is 11.6. The van der Waals surface area contributed by atoms with Gasteiger partial charge in [0.15, 0.2) is 0 Å². The van der Waals surface area contributed by atoms with Crippen LogP contribution in [0.15, 0.2) is 42.5 Å². The quantitative estimate of drug-likeness (QED) is 0.316. The SMILES string of the molecule is COC(=O)C(Cc1ccc(OCCCBr)cc1)NC(=O)c1c(Cl)cccc1Cl. The zero-order valence-corrected chi connectivity index (χ0v) is 18.3. The monoisotopic (exact) mass is 487 g/mol. The maximum Gasteiger partial charge on any atom is 0.328 e. The Morgan fingerprint density at radius 3 is 2.32 bits per heavy atom. The molecular formula is C20H20BrCl2NO4. The Balaban J connectivity index is 2.09. The van der Waals surface area contributed by atoms with Gasteiger partial charge in [-0.15, -0.1) is 0 Å². The fourth-order valence-electron chi connectivity index (χ4n) is 2.48. The topological polar surface area (TPSA) is 64.6 Å². The minimum atomic E-state index is -0.884. The van der Waals surface area contributed by atoms with E-state index in [1.165, 1.54) is 7.11 Å². The summed E-state index contributed by atoms with van der Waals surface area (Å²) in [5.74, 6) is -0.360. The zero-order valence-electron chi connectivity index (χ0n) is 15.2. The highest BCUT2D eigenvalue weighted by Crippen LogP contribution is 2.24. The molecule has 2 rings (SSSR count). The average molecular weight is 489 g/mol. The Hall–Kier alpha value is -1.76. The first kappa shape index (κ1) is 22.5. The highest BCUT2D eigenvalue weighted by Gasteiger charge is 2.24. The molecule has 1 amide bonds. The second-order valence-corrected chi connectivity index (χ2v) is 7.49. The highest BCUT2D eigenvalue weighted by atomic mass is 79.9. The summed E-state index contributed by atoms with van der Waals surface area (Å²) in [7, 11) is 1.27. The first-order chi connectivity index (χ1) is 13.5. The van der Waals surface area contributed by atoms with Crippen molar-refractivity contribution in [3.63, 3.8) is 0 Å². The van der Waals surface area contributed by atoms with Crippen molar-refractivity contribution in [2.75, 3.05) is 19.0 Å². The van der Waals surface area contributed by atoms with Crippen molar-refractivity contribution in [2.45, 2.75) is 18.9 Å². The number of carbonyl (C=O) groups is 2. The molecule has 28 heavy (non-hydrogen) atoms. The number of methoxy groups -OCH3 is 1. The number of hydrogen-bond donors (Lipinski definition) is 1. The van der Waals surface area contributed by atoms with E-state index in [4.69, 9.17) is 32.7 Å². The Bertz CT molecular complexity index is 794. The van der Waals surface area contributed by atoms with Gasteiger partial charge in [0, 0.05) is 11.8 Å². The number of alkyl halides is 1. The number of ether oxygens (including phenoxy) is 2. The summed E-state index contributed by atoms with van der Waals surface area (Å²) in [5, 5.41) is 3.94. The van der Waals surface area contributed by atoms with Gasteiger partial charge in [-0.2, -0.15) is 0 Å². The molecule has 0 saturated carbocycles. The van der Waals surface area contributed by atoms with Crippen LogP contribution < -0.4 is 10.1 Å². The Labute approximate surface area is 182 Å². The summed E-state index contributed by atoms with van der Waals surface area (Å²) in [6.07, 6.45) is 1.16. The molecule has 0 aliphatic rings. The van der Waals surface area contributed by atoms with Crippen molar-refractivity contribution in [1.29, 1.82) is 0 Å². The molecule has 5 nitrogen and oxygen atoms in total. The van der Waals surface area contributed by atoms with E-state index in [9.17, 15) is 9.59 Å². The molecule has 2 aromatic rings. The van der Waals surface area contributed by atoms with Gasteiger partial charge in [0.05, 0.1) is 29.3 Å². The van der Waals surface area contributed by atoms with E-state index in [1.54, 1.807) is 18.2 Å². The second-order valence-electron chi connectivity index (χ2n) is 5.88. The van der Waals surface area contributed by atoms with Gasteiger partial charge in [-0.1, -0.05) is 57.3 Å². The van der Waals surface area contributed by atoms with Crippen LogP contribution in [0.1, 0.15) is 22.3 Å². The molecule has 1 atom stereocenters. The lowest BCUT2D eigenvalue weighted by Gasteiger charge is -2.18. The third kappa shape index (κ3) is 6.40. The van der Waals surface area contributed by atoms with Gasteiger partial charge in [0.25, 0.3) is 5.91 Å². The van der Waals surface area contributed by atoms with Crippen LogP contribution in [-0.2, 0) is 16.0 Å². The van der Waals surface area contributed by atoms with Gasteiger partial charge in [-0.25, -0.2) is 4.79 Å². The smallest absolute Gasteiger partial charge is 0.328 e. The minimum absolute atomic E-state index is 0.121. The Morgan fingerprint density at radius 1 is 1.11 bits per heavy atom. The van der Waals surface area contributed by atoms with Gasteiger partial charge >= 0.3 is 5.97 Å². The standard InChI is InChI=1S/C20H20BrCl2NO4/c1-27-20(26)17(24-19(25)18-15(22)4-2-5-16(18)23)12-13-6-8-14(9-7-13)28-11-3-10-21/h2,4-9,17H,3,10-12H2,1H3,(H,24,25). The predicted octanol–water partition coefficient (Wildman–Crippen LogP) is 4.67. The largest absolute Gasteiger partial charge is 0.494 e. The van der Waals surface area contributed by atoms with E-state index in [0.29, 0.717) is 6.61 Å². The van der Waals surface area contributed by atoms with E-state index in [2.05, 4.69) is 21.2 Å². The maximum absolute atomic E-state index is 12.6. The fourth-order valence-corrected chi connectivity index (χ4v) is 3.28. The molecule has 0 heterocycles. The summed E-state index contributed by atoms with van der Waals surface area (Å²) in [4.78, 5) is 24.8. The van der Waals surface area contributed by atoms with E-state index < -0.39 is 17.9 Å². The number of carbonyl (C=O) groups excluding carboxylic acids is 2. The molecular weight excluding hydrogens is 469 g/mol. The van der Waals surface area contributed by atoms with E-state index in [-0.39, 0.29) is 22.0 Å². The van der Waals surface area contributed by atoms with Crippen molar-refractivity contribution in [2.24, 2.45) is 0 Å². The van der Waals surface area contributed by atoms with Crippen LogP contribution >= 0.6 is 39.1 Å². The van der Waals surface area contributed by atoms with Crippen molar-refractivity contribution in [1.82, 2.24) is 5.32 Å². The molecule has 1 N–H and O–H groups in total. The van der Waals surface area contributed by atoms with Gasteiger partial charge in [-0.3, -0.25) is 4.79 Å². The summed E-state index contributed by atoms with van der Waals surface area (Å²) in [6, 6.07) is 11.2. The van der Waals surface area contributed by atoms with Crippen LogP contribution in [-0.4, -0.2) is 37.0 Å². The van der Waals surface area contributed by atoms with Crippen molar-refractivity contribution in [3.05, 3.63) is 63.6 Å². The van der Waals surface area contributed by atoms with Crippen molar-refractivity contribution in [3.8, 4) is 5.75 Å². The molecule has 150 valence electrons. The van der Waals surface area contributed by atoms with Crippen LogP contribution in [0.2, 0.25) is 10.0 Å². The Morgan fingerprint density at radius 2 is 1.75 bits per heavy atom. The third-order valence-electron chi connectivity index (χ3n) is 3.89. The molecule has 0 saturated heterocycles. The summed E-state index contributed by atoms with van der Waals surface area (Å²) < 4.78 is 10.4. The second kappa shape index (κ2) is 11.3. The maximum atomic E-state index is 12.6. The summed E-state index contributed by atoms with van der Waals surface area (Å²) in [5.41, 5.74) is 0.962. The Kier molecular flexibility index (Phi) is 9.09. The van der Waals surface area contributed by atoms with Gasteiger partial charge < -0.3 is 14.8 Å². The zero-order chi connectivity index (χ0) is 20.5. The number of rotatable bonds is 9. The number of amides is 1. The lowest BCUT2D eigenvalue weighted by molar-refractivity contribution is -0.142. The van der Waals surface area contributed by atoms with Gasteiger partial charge in [0.2, 0.25) is 0 Å². The van der Waals surface area contributed by atoms with Crippen LogP contribution in [0.5, 0.6) is 5.75 Å². The molecule has 0 fully saturated rings. The van der Waals surface area contributed by atoms with Crippen LogP contribution in [0.4, 0.5) is 0 Å². The molecule has 0 aliphatic carbocycles. The molecule has 2 aromatic carbocycles. The molecule has 0 aliphatic heterocycles. The van der Waals surface area contributed by atoms with Crippen LogP contribution in [0.3, 0.4) is 0 Å². The average Bonchev–Trinajstić information content (AvgIpc) is 2.68. The van der Waals surface area contributed by atoms with E-state index in [1.807, 2.05) is 24.3 Å². The molecule has 0 aromatic heterocycles. The number of nitrogens with one attached hydrogen (secondary N) is 1. The van der Waals surface area contributed by atoms with Gasteiger partial charge in [-0.05, 0) is 36.2 Å². The lowest BCUT2D eigenvalue weighted by Crippen LogP contribution is -2.43. The van der Waals surface area contributed by atoms with Crippen molar-refractivity contribution < 1.29 is 19.1 Å². The lowest BCUT2D eigenvalue weighted by atomic mass is 10.0. The number of halogens is 3. The molecule has 0 bridgehead atoms. The fraction of sp³-hybridized carbons (Fsp3) is 0.300. The van der Waals surface area contributed by atoms with E-state index in [0.717, 1.165) is 23.1 Å². The van der Waals surface area contributed by atoms with Crippen LogP contribution in [0.25, 0.3) is 0 Å². The minimum Gasteiger partial charge on any atom is -0.494 e. The van der Waals surface area contributed by atoms with Crippen molar-refractivity contribution >= 4 is 51.0 Å². The predicted molar refractivity (Wildman–Crippen MR) is 114 cm³/mol. The molecule has 8 heteroatoms. The number of hydrogen-bond acceptors (Lipinski definition) is 4.